The van der Waals surface area contributed by atoms with Crippen LogP contribution in [0.15, 0.2) is 0 Å². The molecule has 0 radical (unpaired) electrons. The summed E-state index contributed by atoms with van der Waals surface area (Å²) in [5.74, 6) is -0.0449. The fourth-order valence-corrected chi connectivity index (χ4v) is 2.20. The van der Waals surface area contributed by atoms with Gasteiger partial charge in [-0.2, -0.15) is 0 Å². The van der Waals surface area contributed by atoms with Crippen molar-refractivity contribution in [1.29, 1.82) is 0 Å². The van der Waals surface area contributed by atoms with E-state index in [1.807, 2.05) is 27.7 Å². The Balaban J connectivity index is 2.99. The molecule has 1 saturated heterocycles. The summed E-state index contributed by atoms with van der Waals surface area (Å²) in [6.07, 6.45) is 0. The number of hydrogen-bond donors (Lipinski definition) is 1. The molecule has 5 heteroatoms. The van der Waals surface area contributed by atoms with E-state index in [0.29, 0.717) is 6.54 Å². The zero-order valence-corrected chi connectivity index (χ0v) is 12.1. The molecule has 0 bridgehead atoms. The summed E-state index contributed by atoms with van der Waals surface area (Å²) in [5.41, 5.74) is -0.458. The Bertz CT molecular complexity index is 339. The van der Waals surface area contributed by atoms with Crippen molar-refractivity contribution < 1.29 is 14.3 Å². The van der Waals surface area contributed by atoms with Gasteiger partial charge in [0.25, 0.3) is 0 Å². The van der Waals surface area contributed by atoms with E-state index < -0.39 is 17.7 Å². The first-order chi connectivity index (χ1) is 8.19. The lowest BCUT2D eigenvalue weighted by atomic mass is 9.95. The standard InChI is InChI=1S/C13H24N2O3/c1-8(2)10-11(16)14-9(3)12(17)15(10)7-13(4,5)18-6/h8-10H,7H2,1-6H3,(H,14,16). The van der Waals surface area contributed by atoms with E-state index in [-0.39, 0.29) is 17.7 Å². The Kier molecular flexibility index (Phi) is 4.37. The van der Waals surface area contributed by atoms with Gasteiger partial charge >= 0.3 is 0 Å². The van der Waals surface area contributed by atoms with E-state index >= 15 is 0 Å². The van der Waals surface area contributed by atoms with E-state index in [1.54, 1.807) is 18.9 Å². The summed E-state index contributed by atoms with van der Waals surface area (Å²) < 4.78 is 5.36. The van der Waals surface area contributed by atoms with Crippen LogP contribution < -0.4 is 5.32 Å². The van der Waals surface area contributed by atoms with E-state index in [4.69, 9.17) is 4.74 Å². The quantitative estimate of drug-likeness (QED) is 0.809. The summed E-state index contributed by atoms with van der Waals surface area (Å²) in [6, 6.07) is -0.872. The smallest absolute Gasteiger partial charge is 0.245 e. The van der Waals surface area contributed by atoms with Gasteiger partial charge in [-0.3, -0.25) is 9.59 Å². The normalized spacial score (nSPS) is 25.6. The molecule has 0 aromatic rings. The molecule has 0 spiro atoms. The van der Waals surface area contributed by atoms with E-state index in [1.165, 1.54) is 0 Å². The van der Waals surface area contributed by atoms with Gasteiger partial charge in [-0.15, -0.1) is 0 Å². The second-order valence-electron chi connectivity index (χ2n) is 5.85. The van der Waals surface area contributed by atoms with Gasteiger partial charge in [0.05, 0.1) is 12.1 Å². The Labute approximate surface area is 109 Å². The molecule has 1 aliphatic rings. The summed E-state index contributed by atoms with van der Waals surface area (Å²) in [6.45, 7) is 9.84. The van der Waals surface area contributed by atoms with Gasteiger partial charge in [0, 0.05) is 7.11 Å². The summed E-state index contributed by atoms with van der Waals surface area (Å²) in [7, 11) is 1.61. The number of ether oxygens (including phenoxy) is 1. The van der Waals surface area contributed by atoms with Crippen molar-refractivity contribution >= 4 is 11.8 Å². The highest BCUT2D eigenvalue weighted by Crippen LogP contribution is 2.21. The molecule has 1 aliphatic heterocycles. The summed E-state index contributed by atoms with van der Waals surface area (Å²) >= 11 is 0. The number of nitrogens with one attached hydrogen (secondary N) is 1. The average Bonchev–Trinajstić information content (AvgIpc) is 2.24. The van der Waals surface area contributed by atoms with Crippen molar-refractivity contribution in [3.8, 4) is 0 Å². The van der Waals surface area contributed by atoms with Gasteiger partial charge in [0.2, 0.25) is 11.8 Å². The molecule has 5 nitrogen and oxygen atoms in total. The molecule has 0 aliphatic carbocycles. The first-order valence-corrected chi connectivity index (χ1v) is 6.35. The topological polar surface area (TPSA) is 58.6 Å². The first kappa shape index (κ1) is 15.0. The van der Waals surface area contributed by atoms with Gasteiger partial charge < -0.3 is 15.0 Å². The molecule has 1 fully saturated rings. The fourth-order valence-electron chi connectivity index (χ4n) is 2.20. The molecular formula is C13H24N2O3. The molecule has 2 unspecified atom stereocenters. The number of carbonyl (C=O) groups excluding carboxylic acids is 2. The lowest BCUT2D eigenvalue weighted by Crippen LogP contribution is -2.66. The van der Waals surface area contributed by atoms with E-state index in [9.17, 15) is 9.59 Å². The summed E-state index contributed by atoms with van der Waals surface area (Å²) in [4.78, 5) is 25.9. The fraction of sp³-hybridized carbons (Fsp3) is 0.846. The average molecular weight is 256 g/mol. The SMILES string of the molecule is COC(C)(C)CN1C(=O)C(C)NC(=O)C1C(C)C. The van der Waals surface area contributed by atoms with Crippen LogP contribution in [0.2, 0.25) is 0 Å². The third kappa shape index (κ3) is 3.02. The number of hydrogen-bond acceptors (Lipinski definition) is 3. The van der Waals surface area contributed by atoms with Crippen molar-refractivity contribution in [2.24, 2.45) is 5.92 Å². The third-order valence-electron chi connectivity index (χ3n) is 3.35. The minimum absolute atomic E-state index is 0.0431. The number of carbonyl (C=O) groups is 2. The van der Waals surface area contributed by atoms with E-state index in [2.05, 4.69) is 5.32 Å². The van der Waals surface area contributed by atoms with Crippen LogP contribution in [-0.2, 0) is 14.3 Å². The molecule has 2 atom stereocenters. The zero-order valence-electron chi connectivity index (χ0n) is 12.1. The van der Waals surface area contributed by atoms with Crippen LogP contribution in [0.3, 0.4) is 0 Å². The van der Waals surface area contributed by atoms with E-state index in [0.717, 1.165) is 0 Å². The predicted molar refractivity (Wildman–Crippen MR) is 69.0 cm³/mol. The monoisotopic (exact) mass is 256 g/mol. The van der Waals surface area contributed by atoms with Crippen molar-refractivity contribution in [1.82, 2.24) is 10.2 Å². The molecule has 104 valence electrons. The minimum atomic E-state index is -0.458. The van der Waals surface area contributed by atoms with Gasteiger partial charge in [-0.05, 0) is 26.7 Å². The second kappa shape index (κ2) is 5.26. The zero-order chi connectivity index (χ0) is 14.1. The number of piperazine rings is 1. The first-order valence-electron chi connectivity index (χ1n) is 6.35. The van der Waals surface area contributed by atoms with Gasteiger partial charge in [0.1, 0.15) is 12.1 Å². The van der Waals surface area contributed by atoms with Crippen LogP contribution in [0.5, 0.6) is 0 Å². The van der Waals surface area contributed by atoms with Crippen LogP contribution in [0.4, 0.5) is 0 Å². The molecule has 0 aromatic carbocycles. The van der Waals surface area contributed by atoms with Crippen molar-refractivity contribution in [3.63, 3.8) is 0 Å². The lowest BCUT2D eigenvalue weighted by molar-refractivity contribution is -0.154. The van der Waals surface area contributed by atoms with Crippen LogP contribution in [0.1, 0.15) is 34.6 Å². The summed E-state index contributed by atoms with van der Waals surface area (Å²) in [5, 5.41) is 2.72. The molecule has 0 aromatic heterocycles. The van der Waals surface area contributed by atoms with Crippen LogP contribution in [0, 0.1) is 5.92 Å². The van der Waals surface area contributed by atoms with Crippen LogP contribution >= 0.6 is 0 Å². The molecule has 1 rings (SSSR count). The minimum Gasteiger partial charge on any atom is -0.377 e. The molecule has 1 heterocycles. The largest absolute Gasteiger partial charge is 0.377 e. The lowest BCUT2D eigenvalue weighted by Gasteiger charge is -2.43. The van der Waals surface area contributed by atoms with Crippen LogP contribution in [-0.4, -0.2) is 48.1 Å². The highest BCUT2D eigenvalue weighted by Gasteiger charge is 2.42. The maximum atomic E-state index is 12.2. The Morgan fingerprint density at radius 2 is 1.94 bits per heavy atom. The molecule has 0 saturated carbocycles. The Morgan fingerprint density at radius 1 is 1.39 bits per heavy atom. The Morgan fingerprint density at radius 3 is 2.39 bits per heavy atom. The molecule has 1 N–H and O–H groups in total. The molecule has 18 heavy (non-hydrogen) atoms. The van der Waals surface area contributed by atoms with Crippen molar-refractivity contribution in [2.45, 2.75) is 52.3 Å². The number of nitrogens with zero attached hydrogens (tertiary/aromatic N) is 1. The van der Waals surface area contributed by atoms with Gasteiger partial charge in [0.15, 0.2) is 0 Å². The van der Waals surface area contributed by atoms with Gasteiger partial charge in [-0.1, -0.05) is 13.8 Å². The highest BCUT2D eigenvalue weighted by molar-refractivity contribution is 5.96. The van der Waals surface area contributed by atoms with Gasteiger partial charge in [-0.25, -0.2) is 0 Å². The van der Waals surface area contributed by atoms with Crippen molar-refractivity contribution in [2.75, 3.05) is 13.7 Å². The maximum Gasteiger partial charge on any atom is 0.245 e. The second-order valence-corrected chi connectivity index (χ2v) is 5.85. The molecular weight excluding hydrogens is 232 g/mol. The highest BCUT2D eigenvalue weighted by atomic mass is 16.5. The molecule has 2 amide bonds. The number of methoxy groups -OCH3 is 1. The van der Waals surface area contributed by atoms with Crippen molar-refractivity contribution in [3.05, 3.63) is 0 Å². The Hall–Kier alpha value is -1.10. The van der Waals surface area contributed by atoms with Crippen LogP contribution in [0.25, 0.3) is 0 Å². The predicted octanol–water partition coefficient (Wildman–Crippen LogP) is 0.783. The maximum absolute atomic E-state index is 12.2. The third-order valence-corrected chi connectivity index (χ3v) is 3.35. The number of rotatable bonds is 4. The number of amides is 2.